The van der Waals surface area contributed by atoms with E-state index in [0.29, 0.717) is 11.5 Å². The van der Waals surface area contributed by atoms with Crippen LogP contribution in [0, 0.1) is 19.7 Å². The van der Waals surface area contributed by atoms with E-state index >= 15 is 0 Å². The Balaban J connectivity index is 2.42. The molecule has 106 valence electrons. The van der Waals surface area contributed by atoms with Crippen LogP contribution in [0.1, 0.15) is 23.9 Å². The van der Waals surface area contributed by atoms with Crippen molar-refractivity contribution in [1.82, 2.24) is 9.97 Å². The molecule has 0 atom stereocenters. The van der Waals surface area contributed by atoms with Crippen LogP contribution in [0.2, 0.25) is 0 Å². The Bertz CT molecular complexity index is 626. The van der Waals surface area contributed by atoms with Crippen LogP contribution in [0.15, 0.2) is 18.2 Å². The summed E-state index contributed by atoms with van der Waals surface area (Å²) in [5, 5.41) is 6.09. The van der Waals surface area contributed by atoms with Crippen molar-refractivity contribution in [3.8, 4) is 0 Å². The topological polar surface area (TPSA) is 49.8 Å². The molecule has 0 spiro atoms. The van der Waals surface area contributed by atoms with Crippen LogP contribution < -0.4 is 10.6 Å². The molecule has 0 aliphatic heterocycles. The molecule has 0 saturated heterocycles. The fourth-order valence-corrected chi connectivity index (χ4v) is 1.94. The van der Waals surface area contributed by atoms with Crippen molar-refractivity contribution in [1.29, 1.82) is 0 Å². The molecule has 2 aromatic rings. The molecule has 0 amide bonds. The second-order valence-corrected chi connectivity index (χ2v) is 4.67. The largest absolute Gasteiger partial charge is 0.373 e. The highest BCUT2D eigenvalue weighted by Crippen LogP contribution is 2.25. The molecule has 1 aromatic carbocycles. The van der Waals surface area contributed by atoms with Gasteiger partial charge in [-0.3, -0.25) is 0 Å². The molecule has 2 N–H and O–H groups in total. The standard InChI is InChI=1S/C15H19FN4/c1-5-13-19-14(17-4)10(3)15(20-13)18-12-7-6-9(2)8-11(12)16/h6-8H,5H2,1-4H3,(H2,17,18,19,20). The van der Waals surface area contributed by atoms with Gasteiger partial charge in [0.1, 0.15) is 23.3 Å². The zero-order valence-corrected chi connectivity index (χ0v) is 12.2. The first-order valence-corrected chi connectivity index (χ1v) is 6.63. The maximum Gasteiger partial charge on any atom is 0.146 e. The lowest BCUT2D eigenvalue weighted by Crippen LogP contribution is -2.07. The van der Waals surface area contributed by atoms with Gasteiger partial charge in [-0.25, -0.2) is 14.4 Å². The number of rotatable bonds is 4. The van der Waals surface area contributed by atoms with Gasteiger partial charge in [0.05, 0.1) is 5.69 Å². The van der Waals surface area contributed by atoms with Gasteiger partial charge in [-0.15, -0.1) is 0 Å². The number of hydrogen-bond donors (Lipinski definition) is 2. The molecule has 0 saturated carbocycles. The van der Waals surface area contributed by atoms with Crippen LogP contribution in [0.3, 0.4) is 0 Å². The lowest BCUT2D eigenvalue weighted by molar-refractivity contribution is 0.630. The number of halogens is 1. The fraction of sp³-hybridized carbons (Fsp3) is 0.333. The minimum Gasteiger partial charge on any atom is -0.373 e. The third-order valence-corrected chi connectivity index (χ3v) is 3.12. The van der Waals surface area contributed by atoms with Crippen LogP contribution in [0.4, 0.5) is 21.7 Å². The van der Waals surface area contributed by atoms with E-state index in [0.717, 1.165) is 29.2 Å². The van der Waals surface area contributed by atoms with Crippen LogP contribution in [0.25, 0.3) is 0 Å². The number of aromatic nitrogens is 2. The van der Waals surface area contributed by atoms with Gasteiger partial charge in [-0.05, 0) is 31.5 Å². The van der Waals surface area contributed by atoms with Gasteiger partial charge < -0.3 is 10.6 Å². The molecule has 0 radical (unpaired) electrons. The molecule has 0 aliphatic carbocycles. The number of hydrogen-bond acceptors (Lipinski definition) is 4. The summed E-state index contributed by atoms with van der Waals surface area (Å²) >= 11 is 0. The van der Waals surface area contributed by atoms with Gasteiger partial charge in [0.2, 0.25) is 0 Å². The summed E-state index contributed by atoms with van der Waals surface area (Å²) in [4.78, 5) is 8.82. The predicted octanol–water partition coefficient (Wildman–Crippen LogP) is 3.58. The van der Waals surface area contributed by atoms with Crippen LogP contribution in [-0.2, 0) is 6.42 Å². The first kappa shape index (κ1) is 14.2. The van der Waals surface area contributed by atoms with E-state index in [1.807, 2.05) is 33.9 Å². The summed E-state index contributed by atoms with van der Waals surface area (Å²) in [5.41, 5.74) is 2.17. The molecule has 1 aromatic heterocycles. The Morgan fingerprint density at radius 2 is 1.85 bits per heavy atom. The number of nitrogens with zero attached hydrogens (tertiary/aromatic N) is 2. The maximum absolute atomic E-state index is 13.9. The summed E-state index contributed by atoms with van der Waals surface area (Å²) in [6, 6.07) is 5.08. The fourth-order valence-electron chi connectivity index (χ4n) is 1.94. The third-order valence-electron chi connectivity index (χ3n) is 3.12. The first-order valence-electron chi connectivity index (χ1n) is 6.63. The number of nitrogens with one attached hydrogen (secondary N) is 2. The smallest absolute Gasteiger partial charge is 0.146 e. The van der Waals surface area contributed by atoms with E-state index in [-0.39, 0.29) is 5.82 Å². The summed E-state index contributed by atoms with van der Waals surface area (Å²) in [6.07, 6.45) is 0.722. The van der Waals surface area contributed by atoms with Crippen molar-refractivity contribution in [3.63, 3.8) is 0 Å². The lowest BCUT2D eigenvalue weighted by atomic mass is 10.2. The van der Waals surface area contributed by atoms with Gasteiger partial charge in [0.15, 0.2) is 0 Å². The molecule has 0 fully saturated rings. The van der Waals surface area contributed by atoms with Crippen LogP contribution in [-0.4, -0.2) is 17.0 Å². The predicted molar refractivity (Wildman–Crippen MR) is 80.1 cm³/mol. The number of aryl methyl sites for hydroxylation is 2. The second kappa shape index (κ2) is 5.86. The minimum absolute atomic E-state index is 0.285. The number of anilines is 3. The summed E-state index contributed by atoms with van der Waals surface area (Å²) < 4.78 is 13.9. The lowest BCUT2D eigenvalue weighted by Gasteiger charge is -2.14. The highest BCUT2D eigenvalue weighted by Gasteiger charge is 2.11. The van der Waals surface area contributed by atoms with Crippen molar-refractivity contribution in [2.24, 2.45) is 0 Å². The van der Waals surface area contributed by atoms with Crippen molar-refractivity contribution >= 4 is 17.3 Å². The first-order chi connectivity index (χ1) is 9.55. The van der Waals surface area contributed by atoms with Crippen molar-refractivity contribution in [2.75, 3.05) is 17.7 Å². The summed E-state index contributed by atoms with van der Waals surface area (Å²) in [7, 11) is 1.81. The molecule has 1 heterocycles. The van der Waals surface area contributed by atoms with Crippen molar-refractivity contribution in [3.05, 3.63) is 41.0 Å². The van der Waals surface area contributed by atoms with Crippen molar-refractivity contribution in [2.45, 2.75) is 27.2 Å². The van der Waals surface area contributed by atoms with E-state index in [9.17, 15) is 4.39 Å². The van der Waals surface area contributed by atoms with Gasteiger partial charge in [-0.1, -0.05) is 13.0 Å². The van der Waals surface area contributed by atoms with E-state index < -0.39 is 0 Å². The van der Waals surface area contributed by atoms with E-state index in [2.05, 4.69) is 20.6 Å². The van der Waals surface area contributed by atoms with Crippen LogP contribution in [0.5, 0.6) is 0 Å². The molecule has 0 unspecified atom stereocenters. The molecule has 5 heteroatoms. The Morgan fingerprint density at radius 1 is 1.15 bits per heavy atom. The van der Waals surface area contributed by atoms with Gasteiger partial charge in [0, 0.05) is 19.0 Å². The zero-order valence-electron chi connectivity index (χ0n) is 12.2. The van der Waals surface area contributed by atoms with E-state index in [1.54, 1.807) is 6.07 Å². The highest BCUT2D eigenvalue weighted by atomic mass is 19.1. The molecular formula is C15H19FN4. The van der Waals surface area contributed by atoms with Crippen molar-refractivity contribution < 1.29 is 4.39 Å². The monoisotopic (exact) mass is 274 g/mol. The normalized spacial score (nSPS) is 10.4. The summed E-state index contributed by atoms with van der Waals surface area (Å²) in [6.45, 7) is 5.75. The molecule has 20 heavy (non-hydrogen) atoms. The Hall–Kier alpha value is -2.17. The molecule has 0 aliphatic rings. The van der Waals surface area contributed by atoms with Gasteiger partial charge in [-0.2, -0.15) is 0 Å². The second-order valence-electron chi connectivity index (χ2n) is 4.67. The molecule has 2 rings (SSSR count). The maximum atomic E-state index is 13.9. The Labute approximate surface area is 118 Å². The van der Waals surface area contributed by atoms with E-state index in [1.165, 1.54) is 6.07 Å². The Morgan fingerprint density at radius 3 is 2.45 bits per heavy atom. The number of benzene rings is 1. The quantitative estimate of drug-likeness (QED) is 0.894. The molecule has 0 bridgehead atoms. The highest BCUT2D eigenvalue weighted by molar-refractivity contribution is 5.65. The average molecular weight is 274 g/mol. The summed E-state index contributed by atoms with van der Waals surface area (Å²) in [5.74, 6) is 1.82. The Kier molecular flexibility index (Phi) is 4.17. The zero-order chi connectivity index (χ0) is 14.7. The minimum atomic E-state index is -0.285. The van der Waals surface area contributed by atoms with Crippen LogP contribution >= 0.6 is 0 Å². The van der Waals surface area contributed by atoms with E-state index in [4.69, 9.17) is 0 Å². The molecular weight excluding hydrogens is 255 g/mol. The third kappa shape index (κ3) is 2.87. The average Bonchev–Trinajstić information content (AvgIpc) is 2.43. The van der Waals surface area contributed by atoms with Gasteiger partial charge in [0.25, 0.3) is 0 Å². The SMILES string of the molecule is CCc1nc(NC)c(C)c(Nc2ccc(C)cc2F)n1. The molecule has 4 nitrogen and oxygen atoms in total. The van der Waals surface area contributed by atoms with Gasteiger partial charge >= 0.3 is 0 Å².